The van der Waals surface area contributed by atoms with Gasteiger partial charge in [-0.05, 0) is 41.0 Å². The van der Waals surface area contributed by atoms with Crippen molar-refractivity contribution in [3.8, 4) is 16.9 Å². The summed E-state index contributed by atoms with van der Waals surface area (Å²) >= 11 is 0. The average molecular weight is 413 g/mol. The molecule has 5 rings (SSSR count). The topological polar surface area (TPSA) is 51.9 Å². The predicted molar refractivity (Wildman–Crippen MR) is 122 cm³/mol. The average Bonchev–Trinajstić information content (AvgIpc) is 2.84. The Bertz CT molecular complexity index is 1240. The van der Waals surface area contributed by atoms with E-state index in [0.717, 1.165) is 35.5 Å². The fourth-order valence-corrected chi connectivity index (χ4v) is 3.77. The molecule has 0 N–H and O–H groups in total. The van der Waals surface area contributed by atoms with Gasteiger partial charge in [-0.15, -0.1) is 0 Å². The van der Waals surface area contributed by atoms with Gasteiger partial charge in [-0.25, -0.2) is 0 Å². The minimum atomic E-state index is -0.0407. The molecule has 0 aliphatic carbocycles. The maximum atomic E-state index is 12.8. The number of ether oxygens (including phenoxy) is 2. The number of nitrogens with zero attached hydrogens (tertiary/aromatic N) is 1. The summed E-state index contributed by atoms with van der Waals surface area (Å²) in [5.41, 5.74) is 3.61. The van der Waals surface area contributed by atoms with Gasteiger partial charge in [0.05, 0.1) is 18.6 Å². The van der Waals surface area contributed by atoms with Crippen molar-refractivity contribution in [3.63, 3.8) is 0 Å². The third kappa shape index (κ3) is 4.32. The van der Waals surface area contributed by atoms with Crippen LogP contribution in [0.15, 0.2) is 88.1 Å². The minimum Gasteiger partial charge on any atom is -0.489 e. The second kappa shape index (κ2) is 8.66. The van der Waals surface area contributed by atoms with Gasteiger partial charge < -0.3 is 18.8 Å². The molecule has 0 bridgehead atoms. The van der Waals surface area contributed by atoms with E-state index in [2.05, 4.69) is 0 Å². The second-order valence-electron chi connectivity index (χ2n) is 7.56. The monoisotopic (exact) mass is 413 g/mol. The summed E-state index contributed by atoms with van der Waals surface area (Å²) in [5, 5.41) is 0.574. The summed E-state index contributed by atoms with van der Waals surface area (Å²) in [6, 6.07) is 25.3. The smallest absolute Gasteiger partial charge is 0.200 e. The number of rotatable bonds is 5. The van der Waals surface area contributed by atoms with Crippen LogP contribution in [0.2, 0.25) is 0 Å². The van der Waals surface area contributed by atoms with Crippen molar-refractivity contribution >= 4 is 16.9 Å². The molecule has 1 aromatic heterocycles. The van der Waals surface area contributed by atoms with Crippen LogP contribution in [-0.4, -0.2) is 26.3 Å². The summed E-state index contributed by atoms with van der Waals surface area (Å²) in [7, 11) is 0. The first-order chi connectivity index (χ1) is 15.3. The first kappa shape index (κ1) is 19.4. The van der Waals surface area contributed by atoms with Gasteiger partial charge in [0, 0.05) is 19.2 Å². The highest BCUT2D eigenvalue weighted by Crippen LogP contribution is 2.28. The molecule has 3 aromatic carbocycles. The fraction of sp³-hybridized carbons (Fsp3) is 0.192. The lowest BCUT2D eigenvalue weighted by Crippen LogP contribution is -2.36. The predicted octanol–water partition coefficient (Wildman–Crippen LogP) is 4.88. The zero-order valence-electron chi connectivity index (χ0n) is 17.1. The van der Waals surface area contributed by atoms with E-state index in [1.807, 2.05) is 77.7 Å². The highest BCUT2D eigenvalue weighted by atomic mass is 16.5. The van der Waals surface area contributed by atoms with Gasteiger partial charge >= 0.3 is 0 Å². The Morgan fingerprint density at radius 3 is 2.48 bits per heavy atom. The molecule has 1 aliphatic rings. The normalized spacial score (nSPS) is 14.0. The van der Waals surface area contributed by atoms with Gasteiger partial charge in [-0.1, -0.05) is 48.5 Å². The summed E-state index contributed by atoms with van der Waals surface area (Å²) in [6.45, 7) is 3.24. The Kier molecular flexibility index (Phi) is 5.42. The Morgan fingerprint density at radius 1 is 0.839 bits per heavy atom. The van der Waals surface area contributed by atoms with Gasteiger partial charge in [0.25, 0.3) is 0 Å². The van der Waals surface area contributed by atoms with Crippen molar-refractivity contribution in [3.05, 3.63) is 94.6 Å². The molecule has 4 aromatic rings. The first-order valence-electron chi connectivity index (χ1n) is 10.4. The van der Waals surface area contributed by atoms with Crippen LogP contribution in [0.5, 0.6) is 5.75 Å². The van der Waals surface area contributed by atoms with Crippen molar-refractivity contribution in [2.75, 3.05) is 31.2 Å². The van der Waals surface area contributed by atoms with Gasteiger partial charge in [0.1, 0.15) is 17.9 Å². The molecular formula is C26H23NO4. The first-order valence-corrected chi connectivity index (χ1v) is 10.4. The van der Waals surface area contributed by atoms with Crippen LogP contribution >= 0.6 is 0 Å². The lowest BCUT2D eigenvalue weighted by Gasteiger charge is -2.27. The number of hydrogen-bond acceptors (Lipinski definition) is 5. The van der Waals surface area contributed by atoms with E-state index in [1.54, 1.807) is 6.07 Å². The van der Waals surface area contributed by atoms with E-state index >= 15 is 0 Å². The van der Waals surface area contributed by atoms with Crippen LogP contribution in [0.4, 0.5) is 5.88 Å². The molecule has 156 valence electrons. The van der Waals surface area contributed by atoms with Crippen molar-refractivity contribution in [2.24, 2.45) is 0 Å². The number of fused-ring (bicyclic) bond motifs is 1. The Balaban J connectivity index is 1.41. The van der Waals surface area contributed by atoms with Crippen LogP contribution in [0.1, 0.15) is 5.56 Å². The van der Waals surface area contributed by atoms with Crippen molar-refractivity contribution in [1.82, 2.24) is 0 Å². The van der Waals surface area contributed by atoms with E-state index < -0.39 is 0 Å². The molecule has 0 amide bonds. The fourth-order valence-electron chi connectivity index (χ4n) is 3.77. The second-order valence-corrected chi connectivity index (χ2v) is 7.56. The number of benzene rings is 3. The molecule has 5 heteroatoms. The third-order valence-electron chi connectivity index (χ3n) is 5.45. The number of morpholine rings is 1. The largest absolute Gasteiger partial charge is 0.489 e. The third-order valence-corrected chi connectivity index (χ3v) is 5.45. The molecule has 1 saturated heterocycles. The van der Waals surface area contributed by atoms with Gasteiger partial charge in [-0.2, -0.15) is 0 Å². The quantitative estimate of drug-likeness (QED) is 0.467. The highest BCUT2D eigenvalue weighted by Gasteiger charge is 2.15. The summed E-state index contributed by atoms with van der Waals surface area (Å²) in [5.74, 6) is 1.39. The van der Waals surface area contributed by atoms with E-state index in [4.69, 9.17) is 13.9 Å². The molecule has 31 heavy (non-hydrogen) atoms. The summed E-state index contributed by atoms with van der Waals surface area (Å²) in [4.78, 5) is 14.9. The standard InChI is InChI=1S/C26H23NO4/c28-24-17-26(27-11-13-29-14-12-27)31-25-10-9-21(16-23(24)25)20-7-4-8-22(15-20)30-18-19-5-2-1-3-6-19/h1-10,15-17H,11-14,18H2. The molecular weight excluding hydrogens is 390 g/mol. The van der Waals surface area contributed by atoms with Crippen LogP contribution in [0.3, 0.4) is 0 Å². The number of hydrogen-bond donors (Lipinski definition) is 0. The van der Waals surface area contributed by atoms with Crippen LogP contribution < -0.4 is 15.1 Å². The Labute approximate surface area is 180 Å². The lowest BCUT2D eigenvalue weighted by atomic mass is 10.0. The van der Waals surface area contributed by atoms with Crippen molar-refractivity contribution in [2.45, 2.75) is 6.61 Å². The molecule has 1 fully saturated rings. The lowest BCUT2D eigenvalue weighted by molar-refractivity contribution is 0.121. The van der Waals surface area contributed by atoms with Gasteiger partial charge in [-0.3, -0.25) is 4.79 Å². The Hall–Kier alpha value is -3.57. The Morgan fingerprint density at radius 2 is 1.65 bits per heavy atom. The minimum absolute atomic E-state index is 0.0407. The maximum absolute atomic E-state index is 12.8. The van der Waals surface area contributed by atoms with E-state index in [-0.39, 0.29) is 5.43 Å². The zero-order chi connectivity index (χ0) is 21.0. The molecule has 0 unspecified atom stereocenters. The summed E-state index contributed by atoms with van der Waals surface area (Å²) < 4.78 is 17.4. The molecule has 1 aliphatic heterocycles. The van der Waals surface area contributed by atoms with Crippen LogP contribution in [0.25, 0.3) is 22.1 Å². The van der Waals surface area contributed by atoms with Crippen molar-refractivity contribution in [1.29, 1.82) is 0 Å². The van der Waals surface area contributed by atoms with E-state index in [0.29, 0.717) is 36.7 Å². The molecule has 2 heterocycles. The van der Waals surface area contributed by atoms with Crippen LogP contribution in [0, 0.1) is 0 Å². The van der Waals surface area contributed by atoms with Gasteiger partial charge in [0.2, 0.25) is 0 Å². The number of anilines is 1. The van der Waals surface area contributed by atoms with E-state index in [9.17, 15) is 4.79 Å². The van der Waals surface area contributed by atoms with Gasteiger partial charge in [0.15, 0.2) is 11.3 Å². The molecule has 0 atom stereocenters. The SMILES string of the molecule is O=c1cc(N2CCOCC2)oc2ccc(-c3cccc(OCc4ccccc4)c3)cc12. The highest BCUT2D eigenvalue weighted by molar-refractivity contribution is 5.84. The summed E-state index contributed by atoms with van der Waals surface area (Å²) in [6.07, 6.45) is 0. The molecule has 5 nitrogen and oxygen atoms in total. The molecule has 0 spiro atoms. The van der Waals surface area contributed by atoms with E-state index in [1.165, 1.54) is 0 Å². The maximum Gasteiger partial charge on any atom is 0.200 e. The van der Waals surface area contributed by atoms with Crippen LogP contribution in [-0.2, 0) is 11.3 Å². The molecule has 0 saturated carbocycles. The zero-order valence-corrected chi connectivity index (χ0v) is 17.1. The van der Waals surface area contributed by atoms with Crippen molar-refractivity contribution < 1.29 is 13.9 Å². The molecule has 0 radical (unpaired) electrons.